The number of carbonyl (C=O) groups is 2. The van der Waals surface area contributed by atoms with Crippen molar-refractivity contribution >= 4 is 41.4 Å². The normalized spacial score (nSPS) is 10.8. The molecule has 0 atom stereocenters. The Morgan fingerprint density at radius 1 is 1.03 bits per heavy atom. The second kappa shape index (κ2) is 11.3. The SMILES string of the molecule is CCOc1cc(/C=N\N(CC(=O)O)CC(=O)O)ccc1OCc1ccc(Cl)cc1Cl. The van der Waals surface area contributed by atoms with Crippen LogP contribution in [0.4, 0.5) is 0 Å². The lowest BCUT2D eigenvalue weighted by molar-refractivity contribution is -0.141. The van der Waals surface area contributed by atoms with Crippen molar-refractivity contribution in [3.05, 3.63) is 57.6 Å². The molecule has 0 radical (unpaired) electrons. The molecule has 0 aromatic heterocycles. The lowest BCUT2D eigenvalue weighted by Crippen LogP contribution is -2.30. The molecule has 0 saturated carbocycles. The number of hydrazone groups is 1. The maximum absolute atomic E-state index is 10.9. The topological polar surface area (TPSA) is 109 Å². The Labute approximate surface area is 183 Å². The number of hydrogen-bond donors (Lipinski definition) is 2. The number of ether oxygens (including phenoxy) is 2. The van der Waals surface area contributed by atoms with Gasteiger partial charge in [0.2, 0.25) is 0 Å². The van der Waals surface area contributed by atoms with Crippen molar-refractivity contribution in [1.29, 1.82) is 0 Å². The molecule has 0 aliphatic heterocycles. The van der Waals surface area contributed by atoms with Gasteiger partial charge in [-0.25, -0.2) is 0 Å². The second-order valence-corrected chi connectivity index (χ2v) is 6.86. The van der Waals surface area contributed by atoms with E-state index < -0.39 is 25.0 Å². The van der Waals surface area contributed by atoms with Crippen molar-refractivity contribution in [3.63, 3.8) is 0 Å². The van der Waals surface area contributed by atoms with E-state index in [0.29, 0.717) is 33.7 Å². The van der Waals surface area contributed by atoms with Crippen molar-refractivity contribution in [2.75, 3.05) is 19.7 Å². The smallest absolute Gasteiger partial charge is 0.324 e. The highest BCUT2D eigenvalue weighted by molar-refractivity contribution is 6.35. The molecule has 0 spiro atoms. The van der Waals surface area contributed by atoms with Gasteiger partial charge < -0.3 is 19.7 Å². The van der Waals surface area contributed by atoms with Crippen LogP contribution in [0.1, 0.15) is 18.1 Å². The van der Waals surface area contributed by atoms with Gasteiger partial charge in [0.1, 0.15) is 19.7 Å². The fourth-order valence-electron chi connectivity index (χ4n) is 2.38. The molecule has 0 fully saturated rings. The number of carboxylic acid groups (broad SMARTS) is 2. The molecule has 8 nitrogen and oxygen atoms in total. The Morgan fingerprint density at radius 3 is 2.33 bits per heavy atom. The van der Waals surface area contributed by atoms with Gasteiger partial charge in [0.25, 0.3) is 0 Å². The zero-order chi connectivity index (χ0) is 22.1. The van der Waals surface area contributed by atoms with Gasteiger partial charge in [0.05, 0.1) is 12.8 Å². The maximum Gasteiger partial charge on any atom is 0.324 e. The molecule has 0 bridgehead atoms. The minimum absolute atomic E-state index is 0.203. The summed E-state index contributed by atoms with van der Waals surface area (Å²) in [6.07, 6.45) is 1.36. The first-order valence-corrected chi connectivity index (χ1v) is 9.60. The maximum atomic E-state index is 10.9. The Balaban J connectivity index is 2.16. The standard InChI is InChI=1S/C20H20Cl2N2O6/c1-2-29-18-7-13(9-23-24(10-19(25)26)11-20(27)28)3-6-17(18)30-12-14-4-5-15(21)8-16(14)22/h3-9H,2,10-12H2,1H3,(H,25,26)(H,27,28)/b23-9-. The third kappa shape index (κ3) is 7.46. The third-order valence-electron chi connectivity index (χ3n) is 3.67. The van der Waals surface area contributed by atoms with E-state index in [0.717, 1.165) is 10.6 Å². The van der Waals surface area contributed by atoms with Crippen LogP contribution in [-0.4, -0.2) is 53.1 Å². The molecule has 0 unspecified atom stereocenters. The predicted molar refractivity (Wildman–Crippen MR) is 113 cm³/mol. The van der Waals surface area contributed by atoms with Gasteiger partial charge >= 0.3 is 11.9 Å². The number of nitrogens with zero attached hydrogens (tertiary/aromatic N) is 2. The zero-order valence-corrected chi connectivity index (χ0v) is 17.6. The Kier molecular flexibility index (Phi) is 8.76. The summed E-state index contributed by atoms with van der Waals surface area (Å²) >= 11 is 12.1. The molecule has 0 saturated heterocycles. The first kappa shape index (κ1) is 23.3. The Bertz CT molecular complexity index is 920. The fraction of sp³-hybridized carbons (Fsp3) is 0.250. The van der Waals surface area contributed by atoms with Crippen LogP contribution in [0.5, 0.6) is 11.5 Å². The van der Waals surface area contributed by atoms with E-state index in [1.165, 1.54) is 6.21 Å². The molecule has 0 heterocycles. The lowest BCUT2D eigenvalue weighted by atomic mass is 10.2. The van der Waals surface area contributed by atoms with Crippen molar-refractivity contribution in [3.8, 4) is 11.5 Å². The number of benzene rings is 2. The fourth-order valence-corrected chi connectivity index (χ4v) is 2.85. The highest BCUT2D eigenvalue weighted by Crippen LogP contribution is 2.30. The summed E-state index contributed by atoms with van der Waals surface area (Å²) in [7, 11) is 0. The summed E-state index contributed by atoms with van der Waals surface area (Å²) in [5, 5.41) is 23.6. The van der Waals surface area contributed by atoms with Gasteiger partial charge in [-0.1, -0.05) is 29.3 Å². The summed E-state index contributed by atoms with van der Waals surface area (Å²) < 4.78 is 11.4. The lowest BCUT2D eigenvalue weighted by Gasteiger charge is -2.15. The highest BCUT2D eigenvalue weighted by atomic mass is 35.5. The molecule has 2 N–H and O–H groups in total. The van der Waals surface area contributed by atoms with E-state index in [4.69, 9.17) is 42.9 Å². The summed E-state index contributed by atoms with van der Waals surface area (Å²) in [6.45, 7) is 1.34. The number of rotatable bonds is 11. The van der Waals surface area contributed by atoms with E-state index in [1.54, 1.807) is 36.4 Å². The van der Waals surface area contributed by atoms with Crippen LogP contribution in [-0.2, 0) is 16.2 Å². The molecule has 0 aliphatic carbocycles. The molecule has 10 heteroatoms. The molecule has 2 aromatic carbocycles. The minimum Gasteiger partial charge on any atom is -0.490 e. The van der Waals surface area contributed by atoms with Gasteiger partial charge in [0.15, 0.2) is 11.5 Å². The van der Waals surface area contributed by atoms with E-state index in [1.807, 2.05) is 6.92 Å². The van der Waals surface area contributed by atoms with E-state index in [9.17, 15) is 9.59 Å². The van der Waals surface area contributed by atoms with Crippen LogP contribution in [0.15, 0.2) is 41.5 Å². The number of hydrogen-bond acceptors (Lipinski definition) is 6. The molecular formula is C20H20Cl2N2O6. The average molecular weight is 455 g/mol. The van der Waals surface area contributed by atoms with E-state index >= 15 is 0 Å². The largest absolute Gasteiger partial charge is 0.490 e. The van der Waals surface area contributed by atoms with Crippen molar-refractivity contribution in [2.24, 2.45) is 5.10 Å². The molecule has 30 heavy (non-hydrogen) atoms. The monoisotopic (exact) mass is 454 g/mol. The first-order chi connectivity index (χ1) is 14.3. The molecular weight excluding hydrogens is 435 g/mol. The number of carboxylic acids is 2. The molecule has 0 aliphatic rings. The summed E-state index contributed by atoms with van der Waals surface area (Å²) in [5.41, 5.74) is 1.34. The second-order valence-electron chi connectivity index (χ2n) is 6.02. The Hall–Kier alpha value is -2.97. The van der Waals surface area contributed by atoms with Crippen LogP contribution in [0, 0.1) is 0 Å². The van der Waals surface area contributed by atoms with Crippen molar-refractivity contribution < 1.29 is 29.3 Å². The van der Waals surface area contributed by atoms with Gasteiger partial charge in [-0.2, -0.15) is 5.10 Å². The van der Waals surface area contributed by atoms with Gasteiger partial charge in [-0.15, -0.1) is 0 Å². The third-order valence-corrected chi connectivity index (χ3v) is 4.26. The zero-order valence-electron chi connectivity index (χ0n) is 16.0. The molecule has 160 valence electrons. The van der Waals surface area contributed by atoms with Crippen LogP contribution in [0.2, 0.25) is 10.0 Å². The average Bonchev–Trinajstić information content (AvgIpc) is 2.66. The molecule has 2 rings (SSSR count). The van der Waals surface area contributed by atoms with Crippen molar-refractivity contribution in [1.82, 2.24) is 5.01 Å². The van der Waals surface area contributed by atoms with Crippen LogP contribution < -0.4 is 9.47 Å². The van der Waals surface area contributed by atoms with Crippen LogP contribution in [0.3, 0.4) is 0 Å². The van der Waals surface area contributed by atoms with E-state index in [2.05, 4.69) is 5.10 Å². The van der Waals surface area contributed by atoms with Gasteiger partial charge in [-0.05, 0) is 42.8 Å². The van der Waals surface area contributed by atoms with Gasteiger partial charge in [0, 0.05) is 15.6 Å². The number of halogens is 2. The van der Waals surface area contributed by atoms with Crippen molar-refractivity contribution in [2.45, 2.75) is 13.5 Å². The minimum atomic E-state index is -1.19. The molecule has 2 aromatic rings. The van der Waals surface area contributed by atoms with E-state index in [-0.39, 0.29) is 6.61 Å². The molecule has 0 amide bonds. The summed E-state index contributed by atoms with van der Waals surface area (Å²) in [4.78, 5) is 21.7. The summed E-state index contributed by atoms with van der Waals surface area (Å²) in [5.74, 6) is -1.44. The summed E-state index contributed by atoms with van der Waals surface area (Å²) in [6, 6.07) is 10.1. The Morgan fingerprint density at radius 2 is 1.73 bits per heavy atom. The predicted octanol–water partition coefficient (Wildman–Crippen LogP) is 3.78. The van der Waals surface area contributed by atoms with Gasteiger partial charge in [-0.3, -0.25) is 14.6 Å². The van der Waals surface area contributed by atoms with Crippen LogP contribution >= 0.6 is 23.2 Å². The van der Waals surface area contributed by atoms with Crippen LogP contribution in [0.25, 0.3) is 0 Å². The first-order valence-electron chi connectivity index (χ1n) is 8.84. The number of aliphatic carboxylic acids is 2. The quantitative estimate of drug-likeness (QED) is 0.392. The highest BCUT2D eigenvalue weighted by Gasteiger charge is 2.12.